The molecule has 2 rings (SSSR count). The summed E-state index contributed by atoms with van der Waals surface area (Å²) in [5.74, 6) is 0.0827. The number of fused-ring (bicyclic) bond motifs is 1. The van der Waals surface area contributed by atoms with Crippen molar-refractivity contribution in [1.82, 2.24) is 14.9 Å². The molecule has 1 atom stereocenters. The van der Waals surface area contributed by atoms with Crippen LogP contribution in [0.2, 0.25) is 0 Å². The van der Waals surface area contributed by atoms with Crippen molar-refractivity contribution in [1.29, 1.82) is 0 Å². The van der Waals surface area contributed by atoms with E-state index in [1.807, 2.05) is 6.92 Å². The van der Waals surface area contributed by atoms with Gasteiger partial charge >= 0.3 is 0 Å². The summed E-state index contributed by atoms with van der Waals surface area (Å²) in [5.41, 5.74) is 1.74. The van der Waals surface area contributed by atoms with Crippen LogP contribution in [-0.2, 0) is 19.5 Å². The van der Waals surface area contributed by atoms with Crippen molar-refractivity contribution in [3.63, 3.8) is 0 Å². The Bertz CT molecular complexity index is 428. The summed E-state index contributed by atoms with van der Waals surface area (Å²) in [6, 6.07) is 0. The van der Waals surface area contributed by atoms with Crippen LogP contribution in [-0.4, -0.2) is 27.8 Å². The Morgan fingerprint density at radius 2 is 2.50 bits per heavy atom. The fourth-order valence-electron chi connectivity index (χ4n) is 1.91. The fraction of sp³-hybridized carbons (Fsp3) is 0.636. The molecule has 0 spiro atoms. The molecule has 0 bridgehead atoms. The van der Waals surface area contributed by atoms with Crippen molar-refractivity contribution in [3.8, 4) is 0 Å². The van der Waals surface area contributed by atoms with E-state index in [-0.39, 0.29) is 18.1 Å². The molecule has 1 aromatic rings. The van der Waals surface area contributed by atoms with Crippen LogP contribution in [0.25, 0.3) is 0 Å². The molecule has 2 heterocycles. The van der Waals surface area contributed by atoms with Gasteiger partial charge in [-0.25, -0.2) is 4.98 Å². The Hall–Kier alpha value is -1.20. The number of rotatable bonds is 3. The first-order chi connectivity index (χ1) is 7.72. The summed E-state index contributed by atoms with van der Waals surface area (Å²) in [6.07, 6.45) is 2.33. The maximum Gasteiger partial charge on any atom is 0.256 e. The van der Waals surface area contributed by atoms with Crippen LogP contribution in [0, 0.1) is 5.92 Å². The van der Waals surface area contributed by atoms with E-state index in [1.165, 1.54) is 0 Å². The molecule has 0 aromatic carbocycles. The van der Waals surface area contributed by atoms with Crippen LogP contribution in [0.1, 0.15) is 18.2 Å². The fourth-order valence-corrected chi connectivity index (χ4v) is 1.91. The van der Waals surface area contributed by atoms with Crippen molar-refractivity contribution in [3.05, 3.63) is 27.9 Å². The molecule has 1 aliphatic heterocycles. The topological polar surface area (TPSA) is 67.1 Å². The Labute approximate surface area is 94.1 Å². The van der Waals surface area contributed by atoms with Crippen molar-refractivity contribution in [2.75, 3.05) is 13.2 Å². The summed E-state index contributed by atoms with van der Waals surface area (Å²) in [4.78, 5) is 16.4. The second kappa shape index (κ2) is 4.76. The average Bonchev–Trinajstić information content (AvgIpc) is 2.33. The second-order valence-corrected chi connectivity index (χ2v) is 4.34. The maximum atomic E-state index is 12.1. The van der Waals surface area contributed by atoms with Crippen LogP contribution in [0.15, 0.2) is 11.1 Å². The van der Waals surface area contributed by atoms with E-state index in [2.05, 4.69) is 10.3 Å². The molecule has 1 unspecified atom stereocenters. The van der Waals surface area contributed by atoms with Gasteiger partial charge in [0.15, 0.2) is 0 Å². The second-order valence-electron chi connectivity index (χ2n) is 4.34. The summed E-state index contributed by atoms with van der Waals surface area (Å²) in [6.45, 7) is 4.05. The van der Waals surface area contributed by atoms with Gasteiger partial charge < -0.3 is 10.4 Å². The minimum atomic E-state index is 0.0480. The van der Waals surface area contributed by atoms with Gasteiger partial charge in [0.2, 0.25) is 0 Å². The molecule has 0 saturated heterocycles. The van der Waals surface area contributed by atoms with Crippen molar-refractivity contribution < 1.29 is 5.11 Å². The molecule has 5 nitrogen and oxygen atoms in total. The van der Waals surface area contributed by atoms with Crippen LogP contribution < -0.4 is 10.9 Å². The SMILES string of the molecule is CC(CO)Cn1cnc2c(c1=O)CCNC2. The number of aliphatic hydroxyl groups excluding tert-OH is 1. The summed E-state index contributed by atoms with van der Waals surface area (Å²) < 4.78 is 1.60. The van der Waals surface area contributed by atoms with Gasteiger partial charge in [0.05, 0.1) is 12.0 Å². The number of aromatic nitrogens is 2. The van der Waals surface area contributed by atoms with E-state index in [4.69, 9.17) is 5.11 Å². The van der Waals surface area contributed by atoms with Crippen molar-refractivity contribution >= 4 is 0 Å². The molecule has 2 N–H and O–H groups in total. The zero-order chi connectivity index (χ0) is 11.5. The van der Waals surface area contributed by atoms with Gasteiger partial charge in [-0.05, 0) is 18.9 Å². The van der Waals surface area contributed by atoms with Gasteiger partial charge in [-0.2, -0.15) is 0 Å². The lowest BCUT2D eigenvalue weighted by Gasteiger charge is -2.18. The average molecular weight is 223 g/mol. The minimum Gasteiger partial charge on any atom is -0.396 e. The van der Waals surface area contributed by atoms with Crippen LogP contribution >= 0.6 is 0 Å². The highest BCUT2D eigenvalue weighted by atomic mass is 16.3. The Morgan fingerprint density at radius 3 is 3.25 bits per heavy atom. The van der Waals surface area contributed by atoms with E-state index in [0.717, 1.165) is 24.2 Å². The Morgan fingerprint density at radius 1 is 1.69 bits per heavy atom. The molecule has 16 heavy (non-hydrogen) atoms. The molecular weight excluding hydrogens is 206 g/mol. The summed E-state index contributed by atoms with van der Waals surface area (Å²) in [7, 11) is 0. The predicted molar refractivity (Wildman–Crippen MR) is 60.2 cm³/mol. The zero-order valence-corrected chi connectivity index (χ0v) is 9.44. The minimum absolute atomic E-state index is 0.0480. The molecule has 0 fully saturated rings. The molecule has 1 aromatic heterocycles. The standard InChI is InChI=1S/C11H17N3O2/c1-8(6-15)5-14-7-13-10-4-12-3-2-9(10)11(14)16/h7-8,12,15H,2-6H2,1H3. The highest BCUT2D eigenvalue weighted by Gasteiger charge is 2.15. The smallest absolute Gasteiger partial charge is 0.256 e. The van der Waals surface area contributed by atoms with Gasteiger partial charge in [-0.3, -0.25) is 9.36 Å². The number of nitrogens with zero attached hydrogens (tertiary/aromatic N) is 2. The third-order valence-electron chi connectivity index (χ3n) is 2.88. The van der Waals surface area contributed by atoms with Gasteiger partial charge in [0, 0.05) is 25.3 Å². The Balaban J connectivity index is 2.31. The number of hydrogen-bond acceptors (Lipinski definition) is 4. The number of hydrogen-bond donors (Lipinski definition) is 2. The summed E-state index contributed by atoms with van der Waals surface area (Å²) in [5, 5.41) is 12.2. The molecule has 0 aliphatic carbocycles. The molecule has 0 saturated carbocycles. The van der Waals surface area contributed by atoms with Gasteiger partial charge in [0.25, 0.3) is 5.56 Å². The van der Waals surface area contributed by atoms with Crippen molar-refractivity contribution in [2.24, 2.45) is 5.92 Å². The lowest BCUT2D eigenvalue weighted by atomic mass is 10.1. The maximum absolute atomic E-state index is 12.1. The van der Waals surface area contributed by atoms with Gasteiger partial charge in [0.1, 0.15) is 0 Å². The first kappa shape index (κ1) is 11.3. The van der Waals surface area contributed by atoms with Gasteiger partial charge in [-0.1, -0.05) is 6.92 Å². The molecule has 0 amide bonds. The first-order valence-corrected chi connectivity index (χ1v) is 5.61. The monoisotopic (exact) mass is 223 g/mol. The van der Waals surface area contributed by atoms with E-state index in [1.54, 1.807) is 10.9 Å². The van der Waals surface area contributed by atoms with Crippen LogP contribution in [0.5, 0.6) is 0 Å². The molecule has 1 aliphatic rings. The largest absolute Gasteiger partial charge is 0.396 e. The zero-order valence-electron chi connectivity index (χ0n) is 9.44. The van der Waals surface area contributed by atoms with E-state index < -0.39 is 0 Å². The Kier molecular flexibility index (Phi) is 3.36. The number of aliphatic hydroxyl groups is 1. The molecule has 5 heteroatoms. The highest BCUT2D eigenvalue weighted by Crippen LogP contribution is 2.06. The third-order valence-corrected chi connectivity index (χ3v) is 2.88. The summed E-state index contributed by atoms with van der Waals surface area (Å²) >= 11 is 0. The van der Waals surface area contributed by atoms with E-state index in [0.29, 0.717) is 13.1 Å². The molecule has 88 valence electrons. The molecular formula is C11H17N3O2. The van der Waals surface area contributed by atoms with Crippen LogP contribution in [0.4, 0.5) is 0 Å². The van der Waals surface area contributed by atoms with E-state index >= 15 is 0 Å². The third kappa shape index (κ3) is 2.15. The van der Waals surface area contributed by atoms with Crippen LogP contribution in [0.3, 0.4) is 0 Å². The van der Waals surface area contributed by atoms with Crippen molar-refractivity contribution in [2.45, 2.75) is 26.4 Å². The number of nitrogens with one attached hydrogen (secondary N) is 1. The first-order valence-electron chi connectivity index (χ1n) is 5.61. The van der Waals surface area contributed by atoms with E-state index in [9.17, 15) is 4.79 Å². The molecule has 0 radical (unpaired) electrons. The normalized spacial score (nSPS) is 16.9. The lowest BCUT2D eigenvalue weighted by molar-refractivity contribution is 0.221. The lowest BCUT2D eigenvalue weighted by Crippen LogP contribution is -2.35. The quantitative estimate of drug-likeness (QED) is 0.726. The predicted octanol–water partition coefficient (Wildman–Crippen LogP) is -0.483. The highest BCUT2D eigenvalue weighted by molar-refractivity contribution is 5.19. The van der Waals surface area contributed by atoms with Gasteiger partial charge in [-0.15, -0.1) is 0 Å².